The molecule has 0 spiro atoms. The molecule has 1 amide bonds. The molecule has 1 aromatic carbocycles. The minimum Gasteiger partial charge on any atom is -0.503 e. The minimum atomic E-state index is -0.730. The summed E-state index contributed by atoms with van der Waals surface area (Å²) in [7, 11) is 0. The van der Waals surface area contributed by atoms with Gasteiger partial charge in [-0.1, -0.05) is 32.9 Å². The highest BCUT2D eigenvalue weighted by Crippen LogP contribution is 2.44. The van der Waals surface area contributed by atoms with Gasteiger partial charge in [-0.3, -0.25) is 19.5 Å². The minimum absolute atomic E-state index is 0.139. The van der Waals surface area contributed by atoms with Crippen molar-refractivity contribution in [1.82, 2.24) is 4.98 Å². The summed E-state index contributed by atoms with van der Waals surface area (Å²) < 4.78 is 0. The Kier molecular flexibility index (Phi) is 4.64. The maximum absolute atomic E-state index is 13.1. The molecule has 5 nitrogen and oxygen atoms in total. The number of aliphatic hydroxyl groups excluding tert-OH is 1. The maximum Gasteiger partial charge on any atom is 0.294 e. The number of carbonyl (C=O) groups is 2. The lowest BCUT2D eigenvalue weighted by Crippen LogP contribution is -2.33. The summed E-state index contributed by atoms with van der Waals surface area (Å²) in [5, 5.41) is 10.7. The molecule has 1 N–H and O–H groups in total. The highest BCUT2D eigenvalue weighted by Gasteiger charge is 2.47. The fourth-order valence-electron chi connectivity index (χ4n) is 3.35. The van der Waals surface area contributed by atoms with E-state index >= 15 is 0 Å². The molecule has 2 heterocycles. The SMILES string of the molecule is Cc1cccc(N2C(=O)C(O)=C(C(=O)C(C)(C)C)C2c2ccncc2)c1C. The van der Waals surface area contributed by atoms with Crippen LogP contribution in [0.15, 0.2) is 54.1 Å². The molecular formula is C22H24N2O3. The molecule has 0 aliphatic carbocycles. The predicted molar refractivity (Wildman–Crippen MR) is 104 cm³/mol. The highest BCUT2D eigenvalue weighted by atomic mass is 16.3. The van der Waals surface area contributed by atoms with Crippen molar-refractivity contribution in [1.29, 1.82) is 0 Å². The number of hydrogen-bond acceptors (Lipinski definition) is 4. The van der Waals surface area contributed by atoms with E-state index in [2.05, 4.69) is 4.98 Å². The first kappa shape index (κ1) is 18.8. The van der Waals surface area contributed by atoms with E-state index in [-0.39, 0.29) is 11.4 Å². The number of Topliss-reactive ketones (excluding diaryl/α,β-unsaturated/α-hetero) is 1. The van der Waals surface area contributed by atoms with Gasteiger partial charge in [0.25, 0.3) is 5.91 Å². The zero-order valence-electron chi connectivity index (χ0n) is 16.3. The first-order chi connectivity index (χ1) is 12.6. The van der Waals surface area contributed by atoms with Crippen LogP contribution in [0.2, 0.25) is 0 Å². The van der Waals surface area contributed by atoms with Gasteiger partial charge in [-0.2, -0.15) is 0 Å². The predicted octanol–water partition coefficient (Wildman–Crippen LogP) is 4.21. The summed E-state index contributed by atoms with van der Waals surface area (Å²) in [6.45, 7) is 9.25. The van der Waals surface area contributed by atoms with Crippen molar-refractivity contribution in [3.63, 3.8) is 0 Å². The first-order valence-electron chi connectivity index (χ1n) is 8.92. The van der Waals surface area contributed by atoms with Crippen molar-refractivity contribution >= 4 is 17.4 Å². The summed E-state index contributed by atoms with van der Waals surface area (Å²) in [4.78, 5) is 31.7. The Morgan fingerprint density at radius 2 is 1.74 bits per heavy atom. The third-order valence-corrected chi connectivity index (χ3v) is 4.99. The second-order valence-electron chi connectivity index (χ2n) is 7.92. The number of pyridine rings is 1. The van der Waals surface area contributed by atoms with Crippen LogP contribution in [0.25, 0.3) is 0 Å². The number of anilines is 1. The van der Waals surface area contributed by atoms with Crippen LogP contribution in [0.3, 0.4) is 0 Å². The lowest BCUT2D eigenvalue weighted by atomic mass is 9.82. The van der Waals surface area contributed by atoms with Crippen molar-refractivity contribution in [3.05, 3.63) is 70.7 Å². The Bertz CT molecular complexity index is 940. The standard InChI is InChI=1S/C22H24N2O3/c1-13-7-6-8-16(14(13)2)24-18(15-9-11-23-12-10-15)17(19(25)21(24)27)20(26)22(3,4)5/h6-12,18,25H,1-5H3. The molecule has 0 bridgehead atoms. The van der Waals surface area contributed by atoms with Gasteiger partial charge in [-0.15, -0.1) is 0 Å². The Balaban J connectivity index is 2.25. The largest absolute Gasteiger partial charge is 0.503 e. The average molecular weight is 364 g/mol. The smallest absolute Gasteiger partial charge is 0.294 e. The van der Waals surface area contributed by atoms with Gasteiger partial charge in [-0.05, 0) is 48.7 Å². The van der Waals surface area contributed by atoms with Gasteiger partial charge in [0.05, 0.1) is 11.6 Å². The molecule has 1 unspecified atom stereocenters. The van der Waals surface area contributed by atoms with Crippen molar-refractivity contribution in [2.24, 2.45) is 5.41 Å². The molecule has 1 atom stereocenters. The molecule has 27 heavy (non-hydrogen) atoms. The van der Waals surface area contributed by atoms with Crippen molar-refractivity contribution in [2.45, 2.75) is 40.7 Å². The normalized spacial score (nSPS) is 17.6. The van der Waals surface area contributed by atoms with E-state index in [1.54, 1.807) is 45.3 Å². The van der Waals surface area contributed by atoms with E-state index < -0.39 is 23.1 Å². The molecule has 1 aromatic heterocycles. The van der Waals surface area contributed by atoms with Crippen molar-refractivity contribution in [2.75, 3.05) is 4.90 Å². The van der Waals surface area contributed by atoms with Crippen LogP contribution in [-0.4, -0.2) is 21.8 Å². The second kappa shape index (κ2) is 6.65. The molecule has 1 aliphatic rings. The third kappa shape index (κ3) is 3.14. The number of benzene rings is 1. The van der Waals surface area contributed by atoms with Crippen LogP contribution in [0, 0.1) is 19.3 Å². The van der Waals surface area contributed by atoms with Gasteiger partial charge in [0, 0.05) is 23.5 Å². The second-order valence-corrected chi connectivity index (χ2v) is 7.92. The van der Waals surface area contributed by atoms with Crippen LogP contribution >= 0.6 is 0 Å². The molecule has 5 heteroatoms. The van der Waals surface area contributed by atoms with Crippen molar-refractivity contribution < 1.29 is 14.7 Å². The maximum atomic E-state index is 13.1. The van der Waals surface area contributed by atoms with Crippen LogP contribution in [-0.2, 0) is 9.59 Å². The number of rotatable bonds is 3. The van der Waals surface area contributed by atoms with E-state index in [0.717, 1.165) is 16.7 Å². The van der Waals surface area contributed by atoms with Gasteiger partial charge < -0.3 is 5.11 Å². The van der Waals surface area contributed by atoms with E-state index in [1.165, 1.54) is 4.90 Å². The summed E-state index contributed by atoms with van der Waals surface area (Å²) >= 11 is 0. The molecular weight excluding hydrogens is 340 g/mol. The fraction of sp³-hybridized carbons (Fsp3) is 0.318. The Hall–Kier alpha value is -2.95. The van der Waals surface area contributed by atoms with E-state index in [1.807, 2.05) is 32.0 Å². The number of hydrogen-bond donors (Lipinski definition) is 1. The van der Waals surface area contributed by atoms with Crippen LogP contribution < -0.4 is 4.90 Å². The first-order valence-corrected chi connectivity index (χ1v) is 8.92. The third-order valence-electron chi connectivity index (χ3n) is 4.99. The van der Waals surface area contributed by atoms with E-state index in [9.17, 15) is 14.7 Å². The van der Waals surface area contributed by atoms with Gasteiger partial charge in [0.2, 0.25) is 0 Å². The average Bonchev–Trinajstić information content (AvgIpc) is 2.88. The molecule has 0 radical (unpaired) electrons. The zero-order chi connectivity index (χ0) is 19.9. The van der Waals surface area contributed by atoms with Gasteiger partial charge in [0.15, 0.2) is 11.5 Å². The molecule has 3 rings (SSSR count). The number of aromatic nitrogens is 1. The zero-order valence-corrected chi connectivity index (χ0v) is 16.3. The monoisotopic (exact) mass is 364 g/mol. The number of aryl methyl sites for hydroxylation is 1. The summed E-state index contributed by atoms with van der Waals surface area (Å²) in [5.41, 5.74) is 2.79. The lowest BCUT2D eigenvalue weighted by Gasteiger charge is -2.30. The molecule has 1 aliphatic heterocycles. The number of amides is 1. The van der Waals surface area contributed by atoms with Crippen LogP contribution in [0.4, 0.5) is 5.69 Å². The summed E-state index contributed by atoms with van der Waals surface area (Å²) in [6.07, 6.45) is 3.24. The van der Waals surface area contributed by atoms with E-state index in [4.69, 9.17) is 0 Å². The summed E-state index contributed by atoms with van der Waals surface area (Å²) in [6, 6.07) is 8.53. The Labute approximate surface area is 159 Å². The number of carbonyl (C=O) groups excluding carboxylic acids is 2. The molecule has 140 valence electrons. The van der Waals surface area contributed by atoms with Crippen molar-refractivity contribution in [3.8, 4) is 0 Å². The Morgan fingerprint density at radius 1 is 1.11 bits per heavy atom. The van der Waals surface area contributed by atoms with Crippen LogP contribution in [0.5, 0.6) is 0 Å². The molecule has 0 fully saturated rings. The van der Waals surface area contributed by atoms with E-state index in [0.29, 0.717) is 5.69 Å². The van der Waals surface area contributed by atoms with Gasteiger partial charge in [-0.25, -0.2) is 0 Å². The molecule has 0 saturated carbocycles. The number of nitrogens with zero attached hydrogens (tertiary/aromatic N) is 2. The highest BCUT2D eigenvalue weighted by molar-refractivity contribution is 6.17. The quantitative estimate of drug-likeness (QED) is 0.885. The fourth-order valence-corrected chi connectivity index (χ4v) is 3.35. The molecule has 0 saturated heterocycles. The summed E-state index contributed by atoms with van der Waals surface area (Å²) in [5.74, 6) is -1.28. The topological polar surface area (TPSA) is 70.5 Å². The van der Waals surface area contributed by atoms with Gasteiger partial charge >= 0.3 is 0 Å². The molecule has 2 aromatic rings. The number of ketones is 1. The lowest BCUT2D eigenvalue weighted by molar-refractivity contribution is -0.123. The number of aliphatic hydroxyl groups is 1. The Morgan fingerprint density at radius 3 is 2.33 bits per heavy atom. The van der Waals surface area contributed by atoms with Crippen LogP contribution in [0.1, 0.15) is 43.5 Å². The van der Waals surface area contributed by atoms with Gasteiger partial charge in [0.1, 0.15) is 0 Å².